The Balaban J connectivity index is 0.00000264. The monoisotopic (exact) mass is 360 g/mol. The van der Waals surface area contributed by atoms with Gasteiger partial charge in [0.05, 0.1) is 6.10 Å². The molecular formula is C15H23ClN3O3S-. The molecule has 0 aliphatic carbocycles. The lowest BCUT2D eigenvalue weighted by Gasteiger charge is -2.26. The van der Waals surface area contributed by atoms with Crippen molar-refractivity contribution in [2.75, 3.05) is 33.2 Å². The zero-order valence-electron chi connectivity index (χ0n) is 13.6. The van der Waals surface area contributed by atoms with E-state index in [1.807, 2.05) is 13.8 Å². The first kappa shape index (κ1) is 19.9. The number of hydrogen-bond acceptors (Lipinski definition) is 5. The first-order valence-corrected chi connectivity index (χ1v) is 8.89. The highest BCUT2D eigenvalue weighted by Crippen LogP contribution is 2.26. The lowest BCUT2D eigenvalue weighted by Crippen LogP contribution is -3.00. The lowest BCUT2D eigenvalue weighted by molar-refractivity contribution is -0.00000955. The smallest absolute Gasteiger partial charge is 0.285 e. The van der Waals surface area contributed by atoms with Crippen LogP contribution < -0.4 is 12.4 Å². The Hall–Kier alpha value is -1.15. The van der Waals surface area contributed by atoms with Crippen molar-refractivity contribution in [3.05, 3.63) is 29.8 Å². The van der Waals surface area contributed by atoms with Crippen molar-refractivity contribution in [3.8, 4) is 0 Å². The van der Waals surface area contributed by atoms with Gasteiger partial charge in [0.15, 0.2) is 5.84 Å². The Bertz CT molecular complexity index is 660. The van der Waals surface area contributed by atoms with E-state index in [1.54, 1.807) is 36.2 Å². The summed E-state index contributed by atoms with van der Waals surface area (Å²) in [6.45, 7) is 6.72. The fourth-order valence-electron chi connectivity index (χ4n) is 2.60. The van der Waals surface area contributed by atoms with E-state index in [0.29, 0.717) is 24.5 Å². The van der Waals surface area contributed by atoms with Gasteiger partial charge in [-0.05, 0) is 25.2 Å². The van der Waals surface area contributed by atoms with Crippen molar-refractivity contribution in [2.45, 2.75) is 24.8 Å². The van der Waals surface area contributed by atoms with Gasteiger partial charge in [0.2, 0.25) is 0 Å². The van der Waals surface area contributed by atoms with Gasteiger partial charge in [-0.2, -0.15) is 8.42 Å². The molecular weight excluding hydrogens is 338 g/mol. The number of fused-ring (bicyclic) bond motifs is 1. The first-order chi connectivity index (χ1) is 10.4. The second-order valence-electron chi connectivity index (χ2n) is 5.41. The van der Waals surface area contributed by atoms with Gasteiger partial charge in [0, 0.05) is 25.7 Å². The van der Waals surface area contributed by atoms with Crippen LogP contribution in [0.25, 0.3) is 0 Å². The summed E-state index contributed by atoms with van der Waals surface area (Å²) in [4.78, 5) is 4.06. The molecule has 0 bridgehead atoms. The minimum atomic E-state index is -3.61. The average Bonchev–Trinajstić information content (AvgIpc) is 2.77. The van der Waals surface area contributed by atoms with Crippen molar-refractivity contribution in [1.82, 2.24) is 9.80 Å². The summed E-state index contributed by atoms with van der Waals surface area (Å²) in [6, 6.07) is 6.77. The molecule has 1 aromatic carbocycles. The Labute approximate surface area is 144 Å². The Morgan fingerprint density at radius 3 is 2.39 bits per heavy atom. The molecule has 0 fully saturated rings. The number of aliphatic hydroxyl groups excluding tert-OH is 1. The predicted molar refractivity (Wildman–Crippen MR) is 86.6 cm³/mol. The van der Waals surface area contributed by atoms with Crippen LogP contribution in [0.4, 0.5) is 0 Å². The molecule has 1 aliphatic heterocycles. The summed E-state index contributed by atoms with van der Waals surface area (Å²) in [5.41, 5.74) is 0.597. The highest BCUT2D eigenvalue weighted by atomic mass is 35.5. The zero-order chi connectivity index (χ0) is 16.3. The second-order valence-corrected chi connectivity index (χ2v) is 6.98. The average molecular weight is 361 g/mol. The van der Waals surface area contributed by atoms with E-state index < -0.39 is 16.1 Å². The number of aliphatic hydroxyl groups is 1. The van der Waals surface area contributed by atoms with Crippen LogP contribution in [-0.2, 0) is 10.0 Å². The van der Waals surface area contributed by atoms with Crippen LogP contribution in [0.15, 0.2) is 33.6 Å². The summed E-state index contributed by atoms with van der Waals surface area (Å²) >= 11 is 0. The van der Waals surface area contributed by atoms with E-state index in [-0.39, 0.29) is 17.3 Å². The van der Waals surface area contributed by atoms with Crippen LogP contribution in [-0.4, -0.2) is 68.5 Å². The molecule has 1 N–H and O–H groups in total. The van der Waals surface area contributed by atoms with Crippen molar-refractivity contribution < 1.29 is 25.9 Å². The third kappa shape index (κ3) is 4.44. The minimum absolute atomic E-state index is 0. The second kappa shape index (κ2) is 8.10. The van der Waals surface area contributed by atoms with E-state index in [0.717, 1.165) is 13.1 Å². The highest BCUT2D eigenvalue weighted by molar-refractivity contribution is 7.90. The van der Waals surface area contributed by atoms with E-state index in [1.165, 1.54) is 0 Å². The Morgan fingerprint density at radius 1 is 1.17 bits per heavy atom. The van der Waals surface area contributed by atoms with Gasteiger partial charge in [-0.3, -0.25) is 0 Å². The molecule has 1 aromatic rings. The molecule has 130 valence electrons. The topological polar surface area (TPSA) is 73.2 Å². The number of amidine groups is 1. The number of rotatable bonds is 6. The third-order valence-corrected chi connectivity index (χ3v) is 5.15. The SMILES string of the molecule is CCN(CC)CC(O)CN(C)C1=NS(=O)(=O)c2ccccc21.[Cl-]. The summed E-state index contributed by atoms with van der Waals surface area (Å²) in [6.07, 6.45) is -0.567. The standard InChI is InChI=1S/C15H23N3O3S.ClH/c1-4-18(5-2)11-12(19)10-17(3)15-13-8-6-7-9-14(13)22(20,21)16-15;/h6-9,12,19H,4-5,10-11H2,1-3H3;1H/p-1. The van der Waals surface area contributed by atoms with Crippen LogP contribution in [0.2, 0.25) is 0 Å². The van der Waals surface area contributed by atoms with E-state index in [9.17, 15) is 13.5 Å². The van der Waals surface area contributed by atoms with Gasteiger partial charge in [0.1, 0.15) is 4.90 Å². The molecule has 2 rings (SSSR count). The van der Waals surface area contributed by atoms with Crippen LogP contribution >= 0.6 is 0 Å². The predicted octanol–water partition coefficient (Wildman–Crippen LogP) is -2.23. The summed E-state index contributed by atoms with van der Waals surface area (Å²) in [5, 5.41) is 10.2. The molecule has 1 unspecified atom stereocenters. The normalized spacial score (nSPS) is 16.5. The van der Waals surface area contributed by atoms with Crippen molar-refractivity contribution in [1.29, 1.82) is 0 Å². The largest absolute Gasteiger partial charge is 1.00 e. The molecule has 8 heteroatoms. The number of halogens is 1. The molecule has 0 saturated heterocycles. The Morgan fingerprint density at radius 2 is 1.78 bits per heavy atom. The molecule has 1 heterocycles. The van der Waals surface area contributed by atoms with Crippen LogP contribution in [0.3, 0.4) is 0 Å². The summed E-state index contributed by atoms with van der Waals surface area (Å²) in [7, 11) is -1.86. The molecule has 0 saturated carbocycles. The number of likely N-dealkylation sites (N-methyl/N-ethyl adjacent to an activating group) is 2. The van der Waals surface area contributed by atoms with Crippen molar-refractivity contribution in [2.24, 2.45) is 4.40 Å². The van der Waals surface area contributed by atoms with Crippen LogP contribution in [0.1, 0.15) is 19.4 Å². The summed E-state index contributed by atoms with van der Waals surface area (Å²) in [5.74, 6) is 0.397. The molecule has 0 aromatic heterocycles. The Kier molecular flexibility index (Phi) is 7.01. The highest BCUT2D eigenvalue weighted by Gasteiger charge is 2.30. The van der Waals surface area contributed by atoms with Crippen LogP contribution in [0.5, 0.6) is 0 Å². The maximum atomic E-state index is 12.0. The van der Waals surface area contributed by atoms with E-state index in [2.05, 4.69) is 9.30 Å². The van der Waals surface area contributed by atoms with Crippen molar-refractivity contribution in [3.63, 3.8) is 0 Å². The number of benzene rings is 1. The lowest BCUT2D eigenvalue weighted by atomic mass is 10.2. The molecule has 0 radical (unpaired) electrons. The van der Waals surface area contributed by atoms with Gasteiger partial charge < -0.3 is 27.3 Å². The van der Waals surface area contributed by atoms with Gasteiger partial charge in [0.25, 0.3) is 10.0 Å². The maximum absolute atomic E-state index is 12.0. The van der Waals surface area contributed by atoms with Crippen LogP contribution in [0, 0.1) is 0 Å². The molecule has 23 heavy (non-hydrogen) atoms. The molecule has 1 atom stereocenters. The van der Waals surface area contributed by atoms with E-state index >= 15 is 0 Å². The fraction of sp³-hybridized carbons (Fsp3) is 0.533. The number of nitrogens with zero attached hydrogens (tertiary/aromatic N) is 3. The molecule has 6 nitrogen and oxygen atoms in total. The summed E-state index contributed by atoms with van der Waals surface area (Å²) < 4.78 is 27.9. The zero-order valence-corrected chi connectivity index (χ0v) is 15.2. The van der Waals surface area contributed by atoms with Gasteiger partial charge in [-0.25, -0.2) is 0 Å². The third-order valence-electron chi connectivity index (χ3n) is 3.82. The maximum Gasteiger partial charge on any atom is 0.285 e. The van der Waals surface area contributed by atoms with Gasteiger partial charge in [-0.15, -0.1) is 4.40 Å². The van der Waals surface area contributed by atoms with Gasteiger partial charge >= 0.3 is 0 Å². The molecule has 0 amide bonds. The fourth-order valence-corrected chi connectivity index (χ4v) is 3.86. The van der Waals surface area contributed by atoms with E-state index in [4.69, 9.17) is 0 Å². The number of hydrogen-bond donors (Lipinski definition) is 1. The molecule has 1 aliphatic rings. The van der Waals surface area contributed by atoms with Gasteiger partial charge in [-0.1, -0.05) is 26.0 Å². The van der Waals surface area contributed by atoms with Crippen molar-refractivity contribution >= 4 is 15.9 Å². The first-order valence-electron chi connectivity index (χ1n) is 7.45. The quantitative estimate of drug-likeness (QED) is 0.622. The minimum Gasteiger partial charge on any atom is -1.00 e. The molecule has 0 spiro atoms. The number of sulfonamides is 1.